The van der Waals surface area contributed by atoms with E-state index in [0.29, 0.717) is 12.3 Å². The SMILES string of the molecule is C=C1C[C@@]23C=CC(=O)[C@@](C)(CCC(=O)Nc4c(O)c(Cl)cc(C(=O)O)c4O)[C@@H]2C[C@@H]1CC3. The number of hydrogen-bond donors (Lipinski definition) is 4. The Morgan fingerprint density at radius 1 is 1.31 bits per heavy atom. The second kappa shape index (κ2) is 7.66. The summed E-state index contributed by atoms with van der Waals surface area (Å²) in [6, 6.07) is 0.906. The van der Waals surface area contributed by atoms with Crippen molar-refractivity contribution in [3.8, 4) is 11.5 Å². The quantitative estimate of drug-likeness (QED) is 0.374. The number of amides is 1. The van der Waals surface area contributed by atoms with Gasteiger partial charge in [-0.25, -0.2) is 4.79 Å². The zero-order chi connectivity index (χ0) is 23.4. The molecule has 1 amide bonds. The van der Waals surface area contributed by atoms with Crippen LogP contribution < -0.4 is 5.32 Å². The van der Waals surface area contributed by atoms with Crippen LogP contribution in [0.4, 0.5) is 5.69 Å². The number of rotatable bonds is 5. The number of carbonyl (C=O) groups is 3. The molecule has 0 heterocycles. The van der Waals surface area contributed by atoms with Crippen LogP contribution in [0.2, 0.25) is 5.02 Å². The summed E-state index contributed by atoms with van der Waals surface area (Å²) in [4.78, 5) is 37.0. The number of anilines is 1. The molecule has 32 heavy (non-hydrogen) atoms. The maximum Gasteiger partial charge on any atom is 0.339 e. The minimum Gasteiger partial charge on any atom is -0.505 e. The first-order valence-corrected chi connectivity index (χ1v) is 11.1. The molecular weight excluding hydrogens is 434 g/mol. The van der Waals surface area contributed by atoms with E-state index in [1.807, 2.05) is 6.92 Å². The molecule has 0 unspecified atom stereocenters. The van der Waals surface area contributed by atoms with E-state index in [9.17, 15) is 29.7 Å². The molecule has 1 aromatic carbocycles. The van der Waals surface area contributed by atoms with E-state index in [1.54, 1.807) is 6.08 Å². The van der Waals surface area contributed by atoms with E-state index < -0.39 is 40.0 Å². The van der Waals surface area contributed by atoms with Crippen LogP contribution in [0.1, 0.15) is 55.8 Å². The van der Waals surface area contributed by atoms with Crippen LogP contribution in [-0.4, -0.2) is 33.0 Å². The lowest BCUT2D eigenvalue weighted by Crippen LogP contribution is -2.54. The van der Waals surface area contributed by atoms with E-state index in [-0.39, 0.29) is 28.6 Å². The summed E-state index contributed by atoms with van der Waals surface area (Å²) >= 11 is 5.85. The number of phenolic OH excluding ortho intramolecular Hbond substituents is 1. The van der Waals surface area contributed by atoms with Crippen molar-refractivity contribution in [1.82, 2.24) is 0 Å². The number of allylic oxidation sites excluding steroid dienone is 3. The third-order valence-electron chi connectivity index (χ3n) is 7.80. The maximum absolute atomic E-state index is 13.0. The predicted molar refractivity (Wildman–Crippen MR) is 119 cm³/mol. The summed E-state index contributed by atoms with van der Waals surface area (Å²) in [7, 11) is 0. The number of carboxylic acid groups (broad SMARTS) is 1. The van der Waals surface area contributed by atoms with Crippen molar-refractivity contribution >= 4 is 34.9 Å². The molecule has 5 rings (SSSR count). The molecule has 0 aromatic heterocycles. The van der Waals surface area contributed by atoms with Crippen molar-refractivity contribution in [1.29, 1.82) is 0 Å². The number of phenols is 2. The van der Waals surface area contributed by atoms with Gasteiger partial charge in [-0.1, -0.05) is 36.8 Å². The number of halogens is 1. The summed E-state index contributed by atoms with van der Waals surface area (Å²) < 4.78 is 0. The molecule has 3 fully saturated rings. The molecule has 4 aliphatic rings. The third-order valence-corrected chi connectivity index (χ3v) is 8.08. The number of aromatic carboxylic acids is 1. The van der Waals surface area contributed by atoms with Crippen molar-refractivity contribution in [3.05, 3.63) is 41.0 Å². The van der Waals surface area contributed by atoms with Gasteiger partial charge in [-0.2, -0.15) is 0 Å². The van der Waals surface area contributed by atoms with Crippen molar-refractivity contribution in [2.75, 3.05) is 5.32 Å². The molecule has 0 radical (unpaired) electrons. The van der Waals surface area contributed by atoms with Gasteiger partial charge in [0.05, 0.1) is 5.02 Å². The monoisotopic (exact) mass is 459 g/mol. The molecule has 4 aliphatic carbocycles. The van der Waals surface area contributed by atoms with Gasteiger partial charge in [-0.05, 0) is 61.5 Å². The molecule has 3 saturated carbocycles. The number of nitrogens with one attached hydrogen (secondary N) is 1. The van der Waals surface area contributed by atoms with Gasteiger partial charge < -0.3 is 20.6 Å². The van der Waals surface area contributed by atoms with E-state index in [2.05, 4.69) is 18.0 Å². The fourth-order valence-electron chi connectivity index (χ4n) is 5.94. The highest BCUT2D eigenvalue weighted by molar-refractivity contribution is 6.33. The van der Waals surface area contributed by atoms with Gasteiger partial charge in [0, 0.05) is 11.8 Å². The van der Waals surface area contributed by atoms with Crippen LogP contribution in [0.15, 0.2) is 30.4 Å². The fourth-order valence-corrected chi connectivity index (χ4v) is 6.15. The minimum absolute atomic E-state index is 0.000649. The number of hydrogen-bond acceptors (Lipinski definition) is 5. The number of carbonyl (C=O) groups excluding carboxylic acids is 2. The number of fused-ring (bicyclic) bond motifs is 2. The van der Waals surface area contributed by atoms with E-state index in [4.69, 9.17) is 11.6 Å². The summed E-state index contributed by atoms with van der Waals surface area (Å²) in [5.41, 5.74) is -0.554. The smallest absolute Gasteiger partial charge is 0.339 e. The Labute approximate surface area is 190 Å². The van der Waals surface area contributed by atoms with Crippen molar-refractivity contribution in [3.63, 3.8) is 0 Å². The number of benzene rings is 1. The first kappa shape index (κ1) is 22.4. The summed E-state index contributed by atoms with van der Waals surface area (Å²) in [6.45, 7) is 6.15. The second-order valence-corrected chi connectivity index (χ2v) is 9.95. The zero-order valence-electron chi connectivity index (χ0n) is 17.8. The van der Waals surface area contributed by atoms with Crippen LogP contribution in [0.3, 0.4) is 0 Å². The van der Waals surface area contributed by atoms with Gasteiger partial charge in [0.15, 0.2) is 17.3 Å². The molecule has 2 bridgehead atoms. The number of aromatic hydroxyl groups is 2. The molecule has 1 spiro atoms. The van der Waals surface area contributed by atoms with Crippen LogP contribution in [0, 0.1) is 22.7 Å². The van der Waals surface area contributed by atoms with Gasteiger partial charge >= 0.3 is 5.97 Å². The Morgan fingerprint density at radius 3 is 2.69 bits per heavy atom. The van der Waals surface area contributed by atoms with Crippen molar-refractivity contribution in [2.24, 2.45) is 22.7 Å². The average molecular weight is 460 g/mol. The lowest BCUT2D eigenvalue weighted by Gasteiger charge is -2.59. The lowest BCUT2D eigenvalue weighted by molar-refractivity contribution is -0.136. The van der Waals surface area contributed by atoms with Gasteiger partial charge in [-0.3, -0.25) is 9.59 Å². The Bertz CT molecular complexity index is 1080. The van der Waals surface area contributed by atoms with E-state index >= 15 is 0 Å². The second-order valence-electron chi connectivity index (χ2n) is 9.54. The Kier molecular flexibility index (Phi) is 5.36. The summed E-state index contributed by atoms with van der Waals surface area (Å²) in [5, 5.41) is 31.6. The fraction of sp³-hybridized carbons (Fsp3) is 0.458. The maximum atomic E-state index is 13.0. The Hall–Kier alpha value is -2.80. The van der Waals surface area contributed by atoms with Crippen LogP contribution >= 0.6 is 11.6 Å². The molecule has 4 N–H and O–H groups in total. The average Bonchev–Trinajstić information content (AvgIpc) is 2.75. The zero-order valence-corrected chi connectivity index (χ0v) is 18.5. The Morgan fingerprint density at radius 2 is 2.03 bits per heavy atom. The summed E-state index contributed by atoms with van der Waals surface area (Å²) in [6.07, 6.45) is 7.79. The minimum atomic E-state index is -1.45. The van der Waals surface area contributed by atoms with Gasteiger partial charge in [0.2, 0.25) is 5.91 Å². The number of ketones is 1. The molecule has 170 valence electrons. The van der Waals surface area contributed by atoms with E-state index in [1.165, 1.54) is 5.57 Å². The molecule has 1 aromatic rings. The molecular formula is C24H26ClNO6. The van der Waals surface area contributed by atoms with Crippen LogP contribution in [0.25, 0.3) is 0 Å². The van der Waals surface area contributed by atoms with Crippen molar-refractivity contribution in [2.45, 2.75) is 45.4 Å². The van der Waals surface area contributed by atoms with Gasteiger partial charge in [-0.15, -0.1) is 0 Å². The largest absolute Gasteiger partial charge is 0.505 e. The Balaban J connectivity index is 1.54. The molecule has 0 saturated heterocycles. The highest BCUT2D eigenvalue weighted by Gasteiger charge is 2.58. The van der Waals surface area contributed by atoms with E-state index in [0.717, 1.165) is 31.7 Å². The van der Waals surface area contributed by atoms with Crippen LogP contribution in [-0.2, 0) is 9.59 Å². The van der Waals surface area contributed by atoms with Gasteiger partial charge in [0.1, 0.15) is 11.3 Å². The van der Waals surface area contributed by atoms with Crippen LogP contribution in [0.5, 0.6) is 11.5 Å². The third kappa shape index (κ3) is 3.39. The molecule has 7 nitrogen and oxygen atoms in total. The molecule has 0 aliphatic heterocycles. The predicted octanol–water partition coefficient (Wildman–Crippen LogP) is 4.68. The molecule has 8 heteroatoms. The van der Waals surface area contributed by atoms with Crippen molar-refractivity contribution < 1.29 is 29.7 Å². The molecule has 4 atom stereocenters. The summed E-state index contributed by atoms with van der Waals surface area (Å²) in [5.74, 6) is -2.88. The highest BCUT2D eigenvalue weighted by Crippen LogP contribution is 2.64. The topological polar surface area (TPSA) is 124 Å². The number of carboxylic acids is 1. The standard InChI is InChI=1S/C24H26ClNO6/c1-12-11-24-7-3-13(12)9-16(24)23(2,17(27)4-8-24)6-5-18(28)26-19-20(29)14(22(31)32)10-15(25)21(19)30/h4,8,10,13,16,29-30H,1,3,5-7,9,11H2,2H3,(H,26,28)(H,31,32)/t13-,16-,23-,24+/m0/s1. The van der Waals surface area contributed by atoms with Gasteiger partial charge in [0.25, 0.3) is 0 Å². The highest BCUT2D eigenvalue weighted by atomic mass is 35.5. The normalized spacial score (nSPS) is 30.8. The first-order chi connectivity index (χ1) is 15.0. The lowest BCUT2D eigenvalue weighted by atomic mass is 9.44. The first-order valence-electron chi connectivity index (χ1n) is 10.7.